The number of hydrogen-bond donors (Lipinski definition) is 1. The Bertz CT molecular complexity index is 916. The molecule has 0 unspecified atom stereocenters. The third kappa shape index (κ3) is 5.00. The Morgan fingerprint density at radius 2 is 1.50 bits per heavy atom. The Balaban J connectivity index is 1.60. The number of piperazine rings is 1. The molecule has 1 saturated heterocycles. The van der Waals surface area contributed by atoms with Crippen molar-refractivity contribution in [3.8, 4) is 0 Å². The van der Waals surface area contributed by atoms with Gasteiger partial charge in [0.05, 0.1) is 0 Å². The minimum atomic E-state index is -0.769. The van der Waals surface area contributed by atoms with Gasteiger partial charge in [0.2, 0.25) is 5.91 Å². The molecule has 0 saturated carbocycles. The minimum Gasteiger partial charge on any atom is -0.350 e. The number of benzene rings is 2. The van der Waals surface area contributed by atoms with E-state index in [1.165, 1.54) is 34.1 Å². The maximum Gasteiger partial charge on any atom is 0.312 e. The van der Waals surface area contributed by atoms with Crippen molar-refractivity contribution in [2.45, 2.75) is 32.5 Å². The van der Waals surface area contributed by atoms with E-state index in [1.807, 2.05) is 0 Å². The molecule has 0 aromatic heterocycles. The summed E-state index contributed by atoms with van der Waals surface area (Å²) in [6.45, 7) is 2.68. The summed E-state index contributed by atoms with van der Waals surface area (Å²) in [7, 11) is 0. The molecule has 1 heterocycles. The molecule has 0 bridgehead atoms. The Morgan fingerprint density at radius 1 is 0.933 bits per heavy atom. The second kappa shape index (κ2) is 9.47. The first-order chi connectivity index (χ1) is 14.4. The lowest BCUT2D eigenvalue weighted by molar-refractivity contribution is -0.159. The normalized spacial score (nSPS) is 15.3. The van der Waals surface area contributed by atoms with Crippen molar-refractivity contribution >= 4 is 17.7 Å². The molecule has 3 rings (SSSR count). The van der Waals surface area contributed by atoms with Gasteiger partial charge in [0.1, 0.15) is 17.7 Å². The zero-order valence-corrected chi connectivity index (χ0v) is 16.6. The number of nitrogens with zero attached hydrogens (tertiary/aromatic N) is 2. The van der Waals surface area contributed by atoms with E-state index >= 15 is 0 Å². The lowest BCUT2D eigenvalue weighted by Crippen LogP contribution is -2.59. The Kier molecular flexibility index (Phi) is 6.76. The summed E-state index contributed by atoms with van der Waals surface area (Å²) in [4.78, 5) is 40.5. The fourth-order valence-electron chi connectivity index (χ4n) is 3.40. The molecule has 1 aliphatic heterocycles. The van der Waals surface area contributed by atoms with E-state index in [9.17, 15) is 23.2 Å². The smallest absolute Gasteiger partial charge is 0.312 e. The summed E-state index contributed by atoms with van der Waals surface area (Å²) >= 11 is 0. The SMILES string of the molecule is CC[C@@H](C(=O)NCc1ccc(F)cc1)N1CCN(Cc2ccc(F)cc2)C(=O)C1=O. The van der Waals surface area contributed by atoms with Crippen LogP contribution in [0.4, 0.5) is 8.78 Å². The molecule has 2 aromatic rings. The van der Waals surface area contributed by atoms with E-state index in [0.29, 0.717) is 6.42 Å². The highest BCUT2D eigenvalue weighted by molar-refractivity contribution is 6.35. The molecule has 1 aliphatic rings. The first kappa shape index (κ1) is 21.4. The van der Waals surface area contributed by atoms with Crippen LogP contribution in [0, 0.1) is 11.6 Å². The fraction of sp³-hybridized carbons (Fsp3) is 0.318. The van der Waals surface area contributed by atoms with Gasteiger partial charge in [-0.1, -0.05) is 31.2 Å². The molecular formula is C22H23F2N3O3. The Hall–Kier alpha value is -3.29. The zero-order valence-electron chi connectivity index (χ0n) is 16.6. The van der Waals surface area contributed by atoms with Gasteiger partial charge in [-0.25, -0.2) is 8.78 Å². The van der Waals surface area contributed by atoms with Crippen molar-refractivity contribution in [2.75, 3.05) is 13.1 Å². The summed E-state index contributed by atoms with van der Waals surface area (Å²) in [5.41, 5.74) is 1.45. The lowest BCUT2D eigenvalue weighted by Gasteiger charge is -2.37. The van der Waals surface area contributed by atoms with Crippen molar-refractivity contribution in [1.29, 1.82) is 0 Å². The first-order valence-electron chi connectivity index (χ1n) is 9.75. The van der Waals surface area contributed by atoms with E-state index < -0.39 is 17.9 Å². The van der Waals surface area contributed by atoms with Gasteiger partial charge in [0.25, 0.3) is 0 Å². The van der Waals surface area contributed by atoms with E-state index in [1.54, 1.807) is 31.2 Å². The Labute approximate surface area is 173 Å². The molecule has 0 spiro atoms. The van der Waals surface area contributed by atoms with Crippen molar-refractivity contribution in [2.24, 2.45) is 0 Å². The van der Waals surface area contributed by atoms with E-state index in [-0.39, 0.29) is 43.7 Å². The molecule has 2 aromatic carbocycles. The molecule has 8 heteroatoms. The molecule has 6 nitrogen and oxygen atoms in total. The van der Waals surface area contributed by atoms with Crippen LogP contribution in [0.1, 0.15) is 24.5 Å². The summed E-state index contributed by atoms with van der Waals surface area (Å²) in [5.74, 6) is -2.51. The molecular weight excluding hydrogens is 392 g/mol. The highest BCUT2D eigenvalue weighted by atomic mass is 19.1. The quantitative estimate of drug-likeness (QED) is 0.705. The largest absolute Gasteiger partial charge is 0.350 e. The van der Waals surface area contributed by atoms with Crippen molar-refractivity contribution < 1.29 is 23.2 Å². The monoisotopic (exact) mass is 415 g/mol. The number of amides is 3. The van der Waals surface area contributed by atoms with Gasteiger partial charge >= 0.3 is 11.8 Å². The summed E-state index contributed by atoms with van der Waals surface area (Å²) in [6, 6.07) is 10.7. The van der Waals surface area contributed by atoms with Crippen LogP contribution < -0.4 is 5.32 Å². The number of carbonyl (C=O) groups is 3. The van der Waals surface area contributed by atoms with E-state index in [0.717, 1.165) is 11.1 Å². The maximum absolute atomic E-state index is 13.1. The molecule has 1 N–H and O–H groups in total. The van der Waals surface area contributed by atoms with Crippen LogP contribution in [0.15, 0.2) is 48.5 Å². The molecule has 30 heavy (non-hydrogen) atoms. The summed E-state index contributed by atoms with van der Waals surface area (Å²) in [5, 5.41) is 2.74. The standard InChI is InChI=1S/C22H23F2N3O3/c1-2-19(20(28)25-13-15-3-7-17(23)8-4-15)27-12-11-26(21(29)22(27)30)14-16-5-9-18(24)10-6-16/h3-10,19H,2,11-14H2,1H3,(H,25,28)/t19-/m0/s1. The third-order valence-corrected chi connectivity index (χ3v) is 5.07. The van der Waals surface area contributed by atoms with Gasteiger partial charge in [-0.15, -0.1) is 0 Å². The van der Waals surface area contributed by atoms with Crippen molar-refractivity contribution in [3.05, 3.63) is 71.3 Å². The maximum atomic E-state index is 13.1. The average Bonchev–Trinajstić information content (AvgIpc) is 2.74. The van der Waals surface area contributed by atoms with Gasteiger partial charge < -0.3 is 15.1 Å². The fourth-order valence-corrected chi connectivity index (χ4v) is 3.40. The van der Waals surface area contributed by atoms with Gasteiger partial charge in [-0.05, 0) is 41.8 Å². The summed E-state index contributed by atoms with van der Waals surface area (Å²) < 4.78 is 26.0. The van der Waals surface area contributed by atoms with Crippen molar-refractivity contribution in [3.63, 3.8) is 0 Å². The van der Waals surface area contributed by atoms with Crippen LogP contribution in [0.25, 0.3) is 0 Å². The molecule has 0 radical (unpaired) electrons. The van der Waals surface area contributed by atoms with Gasteiger partial charge in [-0.2, -0.15) is 0 Å². The van der Waals surface area contributed by atoms with Crippen molar-refractivity contribution in [1.82, 2.24) is 15.1 Å². The molecule has 158 valence electrons. The minimum absolute atomic E-state index is 0.197. The average molecular weight is 415 g/mol. The van der Waals surface area contributed by atoms with Gasteiger partial charge in [-0.3, -0.25) is 14.4 Å². The topological polar surface area (TPSA) is 69.7 Å². The van der Waals surface area contributed by atoms with E-state index in [4.69, 9.17) is 0 Å². The highest BCUT2D eigenvalue weighted by Crippen LogP contribution is 2.15. The molecule has 0 aliphatic carbocycles. The number of hydrogen-bond acceptors (Lipinski definition) is 3. The van der Waals surface area contributed by atoms with Crippen LogP contribution in [-0.2, 0) is 27.5 Å². The van der Waals surface area contributed by atoms with Gasteiger partial charge in [0, 0.05) is 26.2 Å². The van der Waals surface area contributed by atoms with Crippen LogP contribution in [-0.4, -0.2) is 46.7 Å². The zero-order chi connectivity index (χ0) is 21.7. The number of nitrogens with one attached hydrogen (secondary N) is 1. The predicted octanol–water partition coefficient (Wildman–Crippen LogP) is 2.23. The van der Waals surface area contributed by atoms with Crippen LogP contribution in [0.2, 0.25) is 0 Å². The second-order valence-corrected chi connectivity index (χ2v) is 7.12. The number of carbonyl (C=O) groups excluding carboxylic acids is 3. The van der Waals surface area contributed by atoms with E-state index in [2.05, 4.69) is 5.32 Å². The highest BCUT2D eigenvalue weighted by Gasteiger charge is 2.38. The number of halogens is 2. The first-order valence-corrected chi connectivity index (χ1v) is 9.75. The van der Waals surface area contributed by atoms with Crippen LogP contribution in [0.3, 0.4) is 0 Å². The number of rotatable bonds is 7. The Morgan fingerprint density at radius 3 is 2.07 bits per heavy atom. The van der Waals surface area contributed by atoms with Crippen LogP contribution >= 0.6 is 0 Å². The molecule has 3 amide bonds. The lowest BCUT2D eigenvalue weighted by atomic mass is 10.1. The molecule has 1 atom stereocenters. The molecule has 1 fully saturated rings. The predicted molar refractivity (Wildman–Crippen MR) is 106 cm³/mol. The van der Waals surface area contributed by atoms with Crippen LogP contribution in [0.5, 0.6) is 0 Å². The third-order valence-electron chi connectivity index (χ3n) is 5.07. The van der Waals surface area contributed by atoms with Gasteiger partial charge in [0.15, 0.2) is 0 Å². The second-order valence-electron chi connectivity index (χ2n) is 7.12. The summed E-state index contributed by atoms with van der Waals surface area (Å²) in [6.07, 6.45) is 0.353.